The van der Waals surface area contributed by atoms with E-state index in [2.05, 4.69) is 29.6 Å². The van der Waals surface area contributed by atoms with Crippen LogP contribution in [0.15, 0.2) is 66.7 Å². The highest BCUT2D eigenvalue weighted by atomic mass is 16.5. The lowest BCUT2D eigenvalue weighted by Crippen LogP contribution is -2.30. The van der Waals surface area contributed by atoms with Crippen molar-refractivity contribution >= 4 is 11.8 Å². The van der Waals surface area contributed by atoms with Crippen LogP contribution in [0.3, 0.4) is 0 Å². The molecule has 1 amide bonds. The summed E-state index contributed by atoms with van der Waals surface area (Å²) in [6, 6.07) is 21.1. The van der Waals surface area contributed by atoms with E-state index in [1.165, 1.54) is 7.11 Å². The molecule has 0 saturated carbocycles. The molecular formula is C26H28N2O5. The number of nitrogen functional groups attached to an aromatic ring is 1. The topological polar surface area (TPSA) is 114 Å². The molecule has 1 aliphatic rings. The largest absolute Gasteiger partial charge is 0.496 e. The Bertz CT molecular complexity index is 1090. The number of rotatable bonds is 8. The number of nitrogens with two attached hydrogens (primary N) is 1. The monoisotopic (exact) mass is 448 g/mol. The Kier molecular flexibility index (Phi) is 6.82. The Balaban J connectivity index is 1.29. The number of hydrogen-bond acceptors (Lipinski definition) is 6. The third-order valence-corrected chi connectivity index (χ3v) is 5.99. The van der Waals surface area contributed by atoms with Gasteiger partial charge in [-0.15, -0.1) is 0 Å². The molecule has 0 aliphatic heterocycles. The number of methoxy groups -OCH3 is 1. The summed E-state index contributed by atoms with van der Waals surface area (Å²) in [6.07, 6.45) is -2.70. The molecule has 0 radical (unpaired) electrons. The van der Waals surface area contributed by atoms with E-state index in [1.54, 1.807) is 18.2 Å². The summed E-state index contributed by atoms with van der Waals surface area (Å²) in [5, 5.41) is 23.5. The summed E-state index contributed by atoms with van der Waals surface area (Å²) >= 11 is 0. The summed E-state index contributed by atoms with van der Waals surface area (Å²) in [5.41, 5.74) is 11.3. The number of carbonyl (C=O) groups is 1. The van der Waals surface area contributed by atoms with Crippen molar-refractivity contribution in [3.8, 4) is 16.9 Å². The molecule has 0 heterocycles. The number of fused-ring (bicyclic) bond motifs is 3. The van der Waals surface area contributed by atoms with Crippen LogP contribution in [-0.2, 0) is 4.74 Å². The Labute approximate surface area is 192 Å². The van der Waals surface area contributed by atoms with Gasteiger partial charge in [-0.1, -0.05) is 54.6 Å². The molecule has 33 heavy (non-hydrogen) atoms. The number of amides is 1. The minimum atomic E-state index is -1.18. The van der Waals surface area contributed by atoms with Crippen molar-refractivity contribution in [2.24, 2.45) is 0 Å². The first-order valence-corrected chi connectivity index (χ1v) is 10.9. The van der Waals surface area contributed by atoms with Crippen LogP contribution in [0.4, 0.5) is 10.5 Å². The second kappa shape index (κ2) is 9.94. The number of hydrogen-bond donors (Lipinski definition) is 4. The molecule has 172 valence electrons. The van der Waals surface area contributed by atoms with E-state index in [0.717, 1.165) is 22.3 Å². The molecule has 0 fully saturated rings. The Hall–Kier alpha value is -3.55. The number of benzene rings is 3. The highest BCUT2D eigenvalue weighted by molar-refractivity contribution is 5.79. The van der Waals surface area contributed by atoms with Gasteiger partial charge in [-0.3, -0.25) is 0 Å². The van der Waals surface area contributed by atoms with Crippen molar-refractivity contribution in [2.45, 2.75) is 24.5 Å². The van der Waals surface area contributed by atoms with Crippen molar-refractivity contribution in [2.75, 3.05) is 26.0 Å². The molecule has 0 saturated heterocycles. The normalized spacial score (nSPS) is 14.2. The fraction of sp³-hybridized carbons (Fsp3) is 0.269. The zero-order valence-corrected chi connectivity index (χ0v) is 18.4. The van der Waals surface area contributed by atoms with Crippen molar-refractivity contribution in [3.05, 3.63) is 83.4 Å². The van der Waals surface area contributed by atoms with Crippen LogP contribution < -0.4 is 15.8 Å². The lowest BCUT2D eigenvalue weighted by atomic mass is 9.98. The molecule has 1 aliphatic carbocycles. The van der Waals surface area contributed by atoms with Gasteiger partial charge in [0.05, 0.1) is 13.2 Å². The summed E-state index contributed by atoms with van der Waals surface area (Å²) in [6.45, 7) is 0.361. The lowest BCUT2D eigenvalue weighted by molar-refractivity contribution is 0.0124. The number of alkyl carbamates (subject to hydrolysis) is 1. The minimum Gasteiger partial charge on any atom is -0.496 e. The first-order chi connectivity index (χ1) is 16.0. The van der Waals surface area contributed by atoms with E-state index in [4.69, 9.17) is 15.2 Å². The van der Waals surface area contributed by atoms with E-state index >= 15 is 0 Å². The van der Waals surface area contributed by atoms with E-state index in [-0.39, 0.29) is 25.5 Å². The maximum absolute atomic E-state index is 12.3. The van der Waals surface area contributed by atoms with Crippen molar-refractivity contribution in [3.63, 3.8) is 0 Å². The molecule has 3 aromatic carbocycles. The number of nitrogens with one attached hydrogen (secondary N) is 1. The van der Waals surface area contributed by atoms with Crippen molar-refractivity contribution in [1.29, 1.82) is 0 Å². The van der Waals surface area contributed by atoms with Crippen molar-refractivity contribution in [1.82, 2.24) is 5.32 Å². The highest BCUT2D eigenvalue weighted by Gasteiger charge is 2.29. The second-order valence-electron chi connectivity index (χ2n) is 8.05. The van der Waals surface area contributed by atoms with Gasteiger partial charge in [-0.2, -0.15) is 0 Å². The van der Waals surface area contributed by atoms with Crippen LogP contribution in [0.25, 0.3) is 11.1 Å². The molecule has 0 aromatic heterocycles. The maximum Gasteiger partial charge on any atom is 0.407 e. The van der Waals surface area contributed by atoms with Gasteiger partial charge < -0.3 is 30.7 Å². The summed E-state index contributed by atoms with van der Waals surface area (Å²) in [4.78, 5) is 12.3. The number of aliphatic hydroxyl groups is 2. The molecule has 2 atom stereocenters. The van der Waals surface area contributed by atoms with Crippen LogP contribution in [0.2, 0.25) is 0 Å². The second-order valence-corrected chi connectivity index (χ2v) is 8.05. The van der Waals surface area contributed by atoms with Gasteiger partial charge in [-0.25, -0.2) is 4.79 Å². The van der Waals surface area contributed by atoms with E-state index < -0.39 is 18.3 Å². The lowest BCUT2D eigenvalue weighted by Gasteiger charge is -2.21. The van der Waals surface area contributed by atoms with Gasteiger partial charge in [0, 0.05) is 29.8 Å². The quantitative estimate of drug-likeness (QED) is 0.392. The predicted molar refractivity (Wildman–Crippen MR) is 126 cm³/mol. The molecular weight excluding hydrogens is 420 g/mol. The Morgan fingerprint density at radius 2 is 1.67 bits per heavy atom. The van der Waals surface area contributed by atoms with E-state index in [9.17, 15) is 15.0 Å². The molecule has 5 N–H and O–H groups in total. The first-order valence-electron chi connectivity index (χ1n) is 10.9. The van der Waals surface area contributed by atoms with Crippen LogP contribution in [0.5, 0.6) is 5.75 Å². The van der Waals surface area contributed by atoms with Gasteiger partial charge in [0.15, 0.2) is 0 Å². The summed E-state index contributed by atoms with van der Waals surface area (Å²) in [7, 11) is 1.47. The first kappa shape index (κ1) is 22.6. The summed E-state index contributed by atoms with van der Waals surface area (Å²) in [5.74, 6) is 0.375. The average Bonchev–Trinajstić information content (AvgIpc) is 3.16. The van der Waals surface area contributed by atoms with Crippen LogP contribution >= 0.6 is 0 Å². The van der Waals surface area contributed by atoms with Gasteiger partial charge in [0.2, 0.25) is 0 Å². The van der Waals surface area contributed by atoms with Crippen molar-refractivity contribution < 1.29 is 24.5 Å². The Morgan fingerprint density at radius 1 is 1.03 bits per heavy atom. The fourth-order valence-electron chi connectivity index (χ4n) is 4.31. The molecule has 0 spiro atoms. The molecule has 4 rings (SSSR count). The molecule has 2 unspecified atom stereocenters. The minimum absolute atomic E-state index is 0.0199. The van der Waals surface area contributed by atoms with Crippen LogP contribution in [0, 0.1) is 0 Å². The van der Waals surface area contributed by atoms with Crippen LogP contribution in [0.1, 0.15) is 35.1 Å². The smallest absolute Gasteiger partial charge is 0.407 e. The Morgan fingerprint density at radius 3 is 2.30 bits per heavy atom. The zero-order valence-electron chi connectivity index (χ0n) is 18.4. The van der Waals surface area contributed by atoms with Crippen LogP contribution in [-0.4, -0.2) is 42.7 Å². The standard InChI is InChI=1S/C26H28N2O5/c1-32-24-14-16(27)10-11-21(24)25(30)23(29)12-13-28-26(31)33-15-22-19-8-4-2-6-17(19)18-7-3-5-9-20(18)22/h2-11,14,22-23,25,29-30H,12-13,15,27H2,1H3,(H,28,31). The number of ether oxygens (including phenoxy) is 2. The average molecular weight is 449 g/mol. The van der Waals surface area contributed by atoms with E-state index in [0.29, 0.717) is 17.0 Å². The highest BCUT2D eigenvalue weighted by Crippen LogP contribution is 2.44. The molecule has 3 aromatic rings. The van der Waals surface area contributed by atoms with Gasteiger partial charge >= 0.3 is 6.09 Å². The SMILES string of the molecule is COc1cc(N)ccc1C(O)C(O)CCNC(=O)OCC1c2ccccc2-c2ccccc21. The molecule has 7 nitrogen and oxygen atoms in total. The van der Waals surface area contributed by atoms with Gasteiger partial charge in [0.25, 0.3) is 0 Å². The maximum atomic E-state index is 12.3. The summed E-state index contributed by atoms with van der Waals surface area (Å²) < 4.78 is 10.7. The fourth-order valence-corrected chi connectivity index (χ4v) is 4.31. The number of carbonyl (C=O) groups excluding carboxylic acids is 1. The third-order valence-electron chi connectivity index (χ3n) is 5.99. The molecule has 0 bridgehead atoms. The molecule has 7 heteroatoms. The number of anilines is 1. The zero-order chi connectivity index (χ0) is 23.4. The van der Waals surface area contributed by atoms with E-state index in [1.807, 2.05) is 24.3 Å². The third kappa shape index (κ3) is 4.79. The number of aliphatic hydroxyl groups excluding tert-OH is 2. The van der Waals surface area contributed by atoms with Gasteiger partial charge in [0.1, 0.15) is 18.5 Å². The predicted octanol–water partition coefficient (Wildman–Crippen LogP) is 3.60. The van der Waals surface area contributed by atoms with Gasteiger partial charge in [-0.05, 0) is 34.7 Å².